The van der Waals surface area contributed by atoms with E-state index in [0.29, 0.717) is 23.5 Å². The molecular weight excluding hydrogens is 699 g/mol. The normalized spacial score (nSPS) is 12.9. The van der Waals surface area contributed by atoms with Crippen LogP contribution in [0.1, 0.15) is 15.9 Å². The van der Waals surface area contributed by atoms with Gasteiger partial charge in [0.2, 0.25) is 5.84 Å². The number of nitrogen functional groups attached to an aromatic ring is 1. The number of aromatic carboxylic acids is 1. The lowest BCUT2D eigenvalue weighted by molar-refractivity contribution is 0.0697. The second-order valence-electron chi connectivity index (χ2n) is 9.32. The van der Waals surface area contributed by atoms with Gasteiger partial charge in [0.1, 0.15) is 16.3 Å². The lowest BCUT2D eigenvalue weighted by Gasteiger charge is -2.10. The topological polar surface area (TPSA) is 320 Å². The van der Waals surface area contributed by atoms with Crippen LogP contribution in [0.5, 0.6) is 5.75 Å². The number of carbonyl (C=O) groups is 1. The van der Waals surface area contributed by atoms with E-state index in [9.17, 15) is 53.9 Å². The molecule has 48 heavy (non-hydrogen) atoms. The number of azo groups is 2. The highest BCUT2D eigenvalue weighted by Gasteiger charge is 2.24. The number of carboxylic acid groups (broad SMARTS) is 1. The molecule has 0 saturated heterocycles. The van der Waals surface area contributed by atoms with Crippen molar-refractivity contribution in [3.8, 4) is 5.75 Å². The smallest absolute Gasteiger partial charge is 0.337 e. The first-order chi connectivity index (χ1) is 22.3. The van der Waals surface area contributed by atoms with E-state index in [-0.39, 0.29) is 17.3 Å². The molecule has 4 rings (SSSR count). The molecule has 0 spiro atoms. The Balaban J connectivity index is 1.88. The Morgan fingerprint density at radius 1 is 0.708 bits per heavy atom. The fourth-order valence-corrected chi connectivity index (χ4v) is 5.41. The molecule has 0 aliphatic heterocycles. The zero-order valence-electron chi connectivity index (χ0n) is 23.6. The molecule has 0 aromatic heterocycles. The van der Waals surface area contributed by atoms with Gasteiger partial charge in [-0.25, -0.2) is 4.79 Å². The third kappa shape index (κ3) is 8.78. The number of hydrazone groups is 1. The molecule has 0 amide bonds. The maximum atomic E-state index is 11.8. The number of aromatic hydroxyl groups is 1. The van der Waals surface area contributed by atoms with E-state index in [1.807, 2.05) is 0 Å². The van der Waals surface area contributed by atoms with Crippen LogP contribution >= 0.6 is 0 Å². The molecule has 0 heterocycles. The summed E-state index contributed by atoms with van der Waals surface area (Å²) in [6, 6.07) is 15.2. The zero-order chi connectivity index (χ0) is 35.4. The van der Waals surface area contributed by atoms with E-state index < -0.39 is 79.5 Å². The van der Waals surface area contributed by atoms with Crippen LogP contribution in [0.3, 0.4) is 0 Å². The number of nitrogens with zero attached hydrogens (tertiary/aromatic N) is 5. The van der Waals surface area contributed by atoms with Gasteiger partial charge in [0.25, 0.3) is 30.4 Å². The number of amidine groups is 1. The molecule has 0 radical (unpaired) electrons. The van der Waals surface area contributed by atoms with Crippen LogP contribution < -0.4 is 11.2 Å². The van der Waals surface area contributed by atoms with Gasteiger partial charge < -0.3 is 15.9 Å². The van der Waals surface area contributed by atoms with Crippen molar-refractivity contribution >= 4 is 70.6 Å². The summed E-state index contributed by atoms with van der Waals surface area (Å²) < 4.78 is 98.8. The second-order valence-corrected chi connectivity index (χ2v) is 13.5. The summed E-state index contributed by atoms with van der Waals surface area (Å²) in [4.78, 5) is 8.64. The standard InChI is InChI=1S/C26H21N7O12S3/c27-15-4-6-16(7-5-15)28-29-17-3-1-2-14(10-17)25(32-30-21-11-18(46(37,38)39)8-9-20(21)26(35)36)33-31-22-12-19(47(40,41)42)13-23(24(22)34)48(43,44)45/h1-13,31,34H,27H2,(H,35,36)(H,37,38,39)(H,40,41,42)(H,43,44,45). The Bertz CT molecular complexity index is 2340. The highest BCUT2D eigenvalue weighted by molar-refractivity contribution is 7.86. The first-order valence-corrected chi connectivity index (χ1v) is 16.9. The van der Waals surface area contributed by atoms with Crippen LogP contribution in [-0.2, 0) is 30.4 Å². The number of nitrogens with two attached hydrogens (primary N) is 1. The minimum atomic E-state index is -5.25. The molecular formula is C26H21N7O12S3. The van der Waals surface area contributed by atoms with E-state index in [2.05, 4.69) is 31.0 Å². The molecule has 0 aliphatic carbocycles. The lowest BCUT2D eigenvalue weighted by atomic mass is 10.2. The van der Waals surface area contributed by atoms with E-state index in [1.54, 1.807) is 24.3 Å². The maximum absolute atomic E-state index is 11.8. The van der Waals surface area contributed by atoms with Crippen molar-refractivity contribution in [3.63, 3.8) is 0 Å². The number of rotatable bonds is 10. The number of nitrogens with one attached hydrogen (secondary N) is 1. The molecule has 19 nitrogen and oxygen atoms in total. The fraction of sp³-hybridized carbons (Fsp3) is 0. The first kappa shape index (κ1) is 35.2. The van der Waals surface area contributed by atoms with Gasteiger partial charge in [0.05, 0.1) is 26.7 Å². The van der Waals surface area contributed by atoms with Crippen LogP contribution in [0, 0.1) is 0 Å². The summed E-state index contributed by atoms with van der Waals surface area (Å²) in [5.74, 6) is -3.29. The number of carboxylic acids is 1. The largest absolute Gasteiger partial charge is 0.504 e. The lowest BCUT2D eigenvalue weighted by Crippen LogP contribution is -2.07. The number of hydrogen-bond acceptors (Lipinski definition) is 14. The highest BCUT2D eigenvalue weighted by Crippen LogP contribution is 2.35. The van der Waals surface area contributed by atoms with Gasteiger partial charge in [-0.1, -0.05) is 12.1 Å². The summed E-state index contributed by atoms with van der Waals surface area (Å²) in [5.41, 5.74) is 7.03. The van der Waals surface area contributed by atoms with Gasteiger partial charge in [-0.05, 0) is 66.7 Å². The summed E-state index contributed by atoms with van der Waals surface area (Å²) in [6.07, 6.45) is 0. The van der Waals surface area contributed by atoms with Gasteiger partial charge >= 0.3 is 5.97 Å². The summed E-state index contributed by atoms with van der Waals surface area (Å²) in [7, 11) is -15.2. The SMILES string of the molecule is Nc1ccc(N=Nc2cccc(C(N=Nc3cc(S(=O)(=O)O)ccc3C(=O)O)=NNc3cc(S(=O)(=O)O)cc(S(=O)(=O)O)c3O)c2)cc1. The van der Waals surface area contributed by atoms with Crippen LogP contribution in [-0.4, -0.2) is 60.9 Å². The summed E-state index contributed by atoms with van der Waals surface area (Å²) in [5, 5.41) is 39.7. The van der Waals surface area contributed by atoms with Crippen LogP contribution in [0.25, 0.3) is 0 Å². The maximum Gasteiger partial charge on any atom is 0.337 e. The Kier molecular flexibility index (Phi) is 9.98. The Morgan fingerprint density at radius 2 is 1.35 bits per heavy atom. The van der Waals surface area contributed by atoms with Crippen molar-refractivity contribution in [3.05, 3.63) is 90.0 Å². The predicted octanol–water partition coefficient (Wildman–Crippen LogP) is 4.39. The van der Waals surface area contributed by atoms with Gasteiger partial charge in [0, 0.05) is 11.3 Å². The molecule has 22 heteroatoms. The molecule has 4 aromatic rings. The average molecular weight is 720 g/mol. The number of phenols is 1. The molecule has 0 saturated carbocycles. The molecule has 4 aromatic carbocycles. The summed E-state index contributed by atoms with van der Waals surface area (Å²) in [6.45, 7) is 0. The quantitative estimate of drug-likeness (QED) is 0.0227. The van der Waals surface area contributed by atoms with Crippen molar-refractivity contribution in [1.29, 1.82) is 0 Å². The van der Waals surface area contributed by atoms with Crippen LogP contribution in [0.2, 0.25) is 0 Å². The Labute approximate surface area is 271 Å². The fourth-order valence-electron chi connectivity index (χ4n) is 3.67. The Hall–Kier alpha value is -5.65. The molecule has 8 N–H and O–H groups in total. The van der Waals surface area contributed by atoms with Crippen molar-refractivity contribution in [2.24, 2.45) is 25.6 Å². The molecule has 0 fully saturated rings. The number of anilines is 2. The van der Waals surface area contributed by atoms with Gasteiger partial charge in [0.15, 0.2) is 5.75 Å². The van der Waals surface area contributed by atoms with E-state index in [1.165, 1.54) is 24.3 Å². The van der Waals surface area contributed by atoms with Gasteiger partial charge in [-0.3, -0.25) is 19.1 Å². The molecule has 0 bridgehead atoms. The van der Waals surface area contributed by atoms with Gasteiger partial charge in [-0.2, -0.15) is 40.6 Å². The van der Waals surface area contributed by atoms with Crippen LogP contribution in [0.4, 0.5) is 28.4 Å². The molecule has 250 valence electrons. The number of hydrogen-bond donors (Lipinski definition) is 7. The van der Waals surface area contributed by atoms with Crippen molar-refractivity contribution in [2.45, 2.75) is 14.7 Å². The van der Waals surface area contributed by atoms with Crippen molar-refractivity contribution in [2.75, 3.05) is 11.2 Å². The zero-order valence-corrected chi connectivity index (χ0v) is 26.1. The van der Waals surface area contributed by atoms with Crippen molar-refractivity contribution < 1.29 is 53.9 Å². The molecule has 0 atom stereocenters. The average Bonchev–Trinajstić information content (AvgIpc) is 2.99. The summed E-state index contributed by atoms with van der Waals surface area (Å²) >= 11 is 0. The van der Waals surface area contributed by atoms with E-state index >= 15 is 0 Å². The molecule has 0 unspecified atom stereocenters. The third-order valence-electron chi connectivity index (χ3n) is 5.93. The third-order valence-corrected chi connectivity index (χ3v) is 8.48. The first-order valence-electron chi connectivity index (χ1n) is 12.6. The van der Waals surface area contributed by atoms with Crippen molar-refractivity contribution in [1.82, 2.24) is 0 Å². The highest BCUT2D eigenvalue weighted by atomic mass is 32.2. The van der Waals surface area contributed by atoms with Crippen LogP contribution in [0.15, 0.2) is 119 Å². The second kappa shape index (κ2) is 13.6. The number of phenolic OH excluding ortho intramolecular Hbond substituents is 1. The minimum Gasteiger partial charge on any atom is -0.504 e. The molecule has 0 aliphatic rings. The van der Waals surface area contributed by atoms with E-state index in [4.69, 9.17) is 5.73 Å². The Morgan fingerprint density at radius 3 is 1.96 bits per heavy atom. The minimum absolute atomic E-state index is 0.0308. The predicted molar refractivity (Wildman–Crippen MR) is 167 cm³/mol. The van der Waals surface area contributed by atoms with E-state index in [0.717, 1.165) is 12.1 Å². The monoisotopic (exact) mass is 719 g/mol. The number of benzene rings is 4. The van der Waals surface area contributed by atoms with Gasteiger partial charge in [-0.15, -0.1) is 10.2 Å².